The number of hydrogen-bond acceptors (Lipinski definition) is 4. The summed E-state index contributed by atoms with van der Waals surface area (Å²) in [7, 11) is 0. The second-order valence-electron chi connectivity index (χ2n) is 4.76. The van der Waals surface area contributed by atoms with Crippen LogP contribution in [0.1, 0.15) is 24.2 Å². The Balaban J connectivity index is 0.00000120. The Labute approximate surface area is 108 Å². The number of aromatic nitrogens is 2. The molecule has 3 rings (SSSR count). The van der Waals surface area contributed by atoms with E-state index in [-0.39, 0.29) is 6.15 Å². The lowest BCUT2D eigenvalue weighted by Crippen LogP contribution is -2.20. The average Bonchev–Trinajstić information content (AvgIpc) is 2.81. The predicted molar refractivity (Wildman–Crippen MR) is 75.5 cm³/mol. The van der Waals surface area contributed by atoms with Gasteiger partial charge in [0.25, 0.3) is 0 Å². The zero-order valence-electron chi connectivity index (χ0n) is 11.1. The summed E-state index contributed by atoms with van der Waals surface area (Å²) in [4.78, 5) is 11.6. The summed E-state index contributed by atoms with van der Waals surface area (Å²) in [5.41, 5.74) is 2.34. The Bertz CT molecular complexity index is 559. The van der Waals surface area contributed by atoms with Crippen molar-refractivity contribution >= 4 is 16.7 Å². The molecule has 1 aliphatic heterocycles. The number of hydrogen-bond donors (Lipinski definition) is 1. The second-order valence-corrected chi connectivity index (χ2v) is 4.76. The van der Waals surface area contributed by atoms with Gasteiger partial charge in [-0.1, -0.05) is 12.1 Å². The topological polar surface area (TPSA) is 64.0 Å². The van der Waals surface area contributed by atoms with E-state index in [4.69, 9.17) is 0 Å². The van der Waals surface area contributed by atoms with Crippen molar-refractivity contribution in [3.8, 4) is 0 Å². The van der Waals surface area contributed by atoms with Crippen LogP contribution in [-0.4, -0.2) is 23.1 Å². The van der Waals surface area contributed by atoms with E-state index < -0.39 is 0 Å². The molecule has 0 spiro atoms. The van der Waals surface area contributed by atoms with E-state index >= 15 is 0 Å². The highest BCUT2D eigenvalue weighted by atomic mass is 15.2. The van der Waals surface area contributed by atoms with Crippen molar-refractivity contribution < 1.29 is 0 Å². The molecule has 1 aromatic carbocycles. The monoisotopic (exact) mass is 244 g/mol. The molecule has 0 saturated carbocycles. The molecule has 1 aliphatic rings. The first-order valence-electron chi connectivity index (χ1n) is 6.24. The van der Waals surface area contributed by atoms with Gasteiger partial charge in [0.2, 0.25) is 0 Å². The van der Waals surface area contributed by atoms with Crippen LogP contribution in [-0.2, 0) is 0 Å². The van der Waals surface area contributed by atoms with Crippen molar-refractivity contribution in [3.63, 3.8) is 0 Å². The van der Waals surface area contributed by atoms with Gasteiger partial charge in [-0.15, -0.1) is 0 Å². The van der Waals surface area contributed by atoms with Crippen LogP contribution in [0.15, 0.2) is 18.2 Å². The molecule has 1 saturated heterocycles. The summed E-state index contributed by atoms with van der Waals surface area (Å²) in [6, 6.07) is 6.29. The third-order valence-corrected chi connectivity index (χ3v) is 3.43. The van der Waals surface area contributed by atoms with Crippen LogP contribution in [0.2, 0.25) is 0 Å². The van der Waals surface area contributed by atoms with Gasteiger partial charge in [-0.2, -0.15) is 0 Å². The van der Waals surface area contributed by atoms with Crippen molar-refractivity contribution in [2.45, 2.75) is 26.7 Å². The van der Waals surface area contributed by atoms with Gasteiger partial charge < -0.3 is 11.1 Å². The molecule has 0 unspecified atom stereocenters. The van der Waals surface area contributed by atoms with Crippen molar-refractivity contribution in [1.82, 2.24) is 16.1 Å². The van der Waals surface area contributed by atoms with Crippen LogP contribution >= 0.6 is 0 Å². The molecule has 96 valence electrons. The van der Waals surface area contributed by atoms with Gasteiger partial charge >= 0.3 is 0 Å². The molecule has 2 heterocycles. The van der Waals surface area contributed by atoms with Crippen LogP contribution in [0.4, 0.5) is 5.82 Å². The summed E-state index contributed by atoms with van der Waals surface area (Å²) in [5.74, 6) is 1.99. The summed E-state index contributed by atoms with van der Waals surface area (Å²) in [5, 5.41) is 1.22. The van der Waals surface area contributed by atoms with Gasteiger partial charge in [-0.25, -0.2) is 9.97 Å². The normalized spacial score (nSPS) is 14.9. The maximum Gasteiger partial charge on any atom is 0.140 e. The van der Waals surface area contributed by atoms with Gasteiger partial charge in [-0.05, 0) is 38.3 Å². The van der Waals surface area contributed by atoms with Crippen LogP contribution in [0.3, 0.4) is 0 Å². The van der Waals surface area contributed by atoms with E-state index in [2.05, 4.69) is 40.0 Å². The first-order chi connectivity index (χ1) is 8.25. The molecule has 0 radical (unpaired) electrons. The molecule has 2 aromatic rings. The van der Waals surface area contributed by atoms with Gasteiger partial charge in [0.05, 0.1) is 5.52 Å². The summed E-state index contributed by atoms with van der Waals surface area (Å²) in [6.07, 6.45) is 2.55. The Morgan fingerprint density at radius 1 is 1.06 bits per heavy atom. The molecule has 0 amide bonds. The minimum Gasteiger partial charge on any atom is -0.356 e. The standard InChI is InChI=1S/C14H17N3.H3N/c1-10-6-5-7-12-13(10)14(16-11(2)15-12)17-8-3-4-9-17;/h5-7H,3-4,8-9H2,1-2H3;1H3. The van der Waals surface area contributed by atoms with E-state index in [1.165, 1.54) is 23.8 Å². The average molecular weight is 244 g/mol. The quantitative estimate of drug-likeness (QED) is 0.837. The fraction of sp³-hybridized carbons (Fsp3) is 0.429. The molecular formula is C14H20N4. The molecule has 4 heteroatoms. The van der Waals surface area contributed by atoms with E-state index in [0.29, 0.717) is 0 Å². The fourth-order valence-corrected chi connectivity index (χ4v) is 2.60. The first-order valence-corrected chi connectivity index (χ1v) is 6.24. The molecule has 4 nitrogen and oxygen atoms in total. The smallest absolute Gasteiger partial charge is 0.140 e. The third-order valence-electron chi connectivity index (χ3n) is 3.43. The predicted octanol–water partition coefficient (Wildman–Crippen LogP) is 3.01. The zero-order chi connectivity index (χ0) is 11.8. The number of benzene rings is 1. The molecule has 1 aromatic heterocycles. The van der Waals surface area contributed by atoms with E-state index in [1.807, 2.05) is 6.92 Å². The maximum atomic E-state index is 4.66. The summed E-state index contributed by atoms with van der Waals surface area (Å²) in [6.45, 7) is 6.36. The van der Waals surface area contributed by atoms with Crippen LogP contribution < -0.4 is 11.1 Å². The van der Waals surface area contributed by atoms with Gasteiger partial charge in [0.1, 0.15) is 11.6 Å². The Morgan fingerprint density at radius 2 is 1.78 bits per heavy atom. The number of fused-ring (bicyclic) bond motifs is 1. The fourth-order valence-electron chi connectivity index (χ4n) is 2.60. The number of nitrogens with zero attached hydrogens (tertiary/aromatic N) is 3. The second kappa shape index (κ2) is 4.90. The number of aryl methyl sites for hydroxylation is 2. The first kappa shape index (κ1) is 12.8. The van der Waals surface area contributed by atoms with E-state index in [9.17, 15) is 0 Å². The molecule has 18 heavy (non-hydrogen) atoms. The highest BCUT2D eigenvalue weighted by molar-refractivity contribution is 5.92. The van der Waals surface area contributed by atoms with Crippen molar-refractivity contribution in [1.29, 1.82) is 0 Å². The molecule has 0 bridgehead atoms. The van der Waals surface area contributed by atoms with Crippen molar-refractivity contribution in [2.75, 3.05) is 18.0 Å². The highest BCUT2D eigenvalue weighted by Crippen LogP contribution is 2.29. The van der Waals surface area contributed by atoms with E-state index in [0.717, 1.165) is 30.2 Å². The SMILES string of the molecule is Cc1nc(N2CCCC2)c2c(C)cccc2n1.N. The third kappa shape index (κ3) is 2.04. The van der Waals surface area contributed by atoms with Crippen LogP contribution in [0.25, 0.3) is 10.9 Å². The molecule has 0 aliphatic carbocycles. The maximum absolute atomic E-state index is 4.66. The number of anilines is 1. The summed E-state index contributed by atoms with van der Waals surface area (Å²) < 4.78 is 0. The molecular weight excluding hydrogens is 224 g/mol. The lowest BCUT2D eigenvalue weighted by atomic mass is 10.1. The minimum atomic E-state index is 0. The van der Waals surface area contributed by atoms with Crippen molar-refractivity contribution in [2.24, 2.45) is 0 Å². The minimum absolute atomic E-state index is 0. The van der Waals surface area contributed by atoms with Crippen LogP contribution in [0.5, 0.6) is 0 Å². The largest absolute Gasteiger partial charge is 0.356 e. The lowest BCUT2D eigenvalue weighted by molar-refractivity contribution is 0.924. The van der Waals surface area contributed by atoms with Gasteiger partial charge in [0.15, 0.2) is 0 Å². The Hall–Kier alpha value is -1.68. The molecule has 0 atom stereocenters. The highest BCUT2D eigenvalue weighted by Gasteiger charge is 2.18. The Morgan fingerprint density at radius 3 is 2.50 bits per heavy atom. The van der Waals surface area contributed by atoms with Crippen molar-refractivity contribution in [3.05, 3.63) is 29.6 Å². The summed E-state index contributed by atoms with van der Waals surface area (Å²) >= 11 is 0. The zero-order valence-corrected chi connectivity index (χ0v) is 11.1. The Kier molecular flexibility index (Phi) is 3.48. The molecule has 3 N–H and O–H groups in total. The van der Waals surface area contributed by atoms with E-state index in [1.54, 1.807) is 0 Å². The van der Waals surface area contributed by atoms with Gasteiger partial charge in [0, 0.05) is 18.5 Å². The lowest BCUT2D eigenvalue weighted by Gasteiger charge is -2.19. The van der Waals surface area contributed by atoms with Gasteiger partial charge in [-0.3, -0.25) is 0 Å². The van der Waals surface area contributed by atoms with Crippen LogP contribution in [0, 0.1) is 13.8 Å². The molecule has 1 fully saturated rings. The number of rotatable bonds is 1.